The standard InChI is InChI=1S/C45H58ClN3O2/c1-7-35(50)21-10-8-16-31-48-38-24-14-12-22-36(38)44(2,3)40(48)29-27-33-19-18-20-34(43(33)46)28-30-41-45(4,5)37-23-13-15-25-39(37)49(41)32-17-9-11-26-42(51)47-6/h12-15,22-25,27-30H,7-11,16-21,26,31-32H2,1-6H3/p+1. The summed E-state index contributed by atoms with van der Waals surface area (Å²) in [6.07, 6.45) is 20.1. The average molecular weight is 709 g/mol. The predicted octanol–water partition coefficient (Wildman–Crippen LogP) is 10.7. The van der Waals surface area contributed by atoms with Crippen molar-refractivity contribution in [3.8, 4) is 0 Å². The predicted molar refractivity (Wildman–Crippen MR) is 214 cm³/mol. The number of fused-ring (bicyclic) bond motifs is 2. The lowest BCUT2D eigenvalue weighted by molar-refractivity contribution is -0.438. The Bertz CT molecular complexity index is 1760. The van der Waals surface area contributed by atoms with Gasteiger partial charge in [-0.15, -0.1) is 0 Å². The molecule has 5 rings (SSSR count). The summed E-state index contributed by atoms with van der Waals surface area (Å²) in [7, 11) is 1.70. The number of Topliss-reactive ketones (excluding diaryl/α,β-unsaturated/α-hetero) is 1. The van der Waals surface area contributed by atoms with Gasteiger partial charge in [-0.3, -0.25) is 9.59 Å². The van der Waals surface area contributed by atoms with Gasteiger partial charge in [0.05, 0.1) is 5.41 Å². The molecule has 2 aliphatic heterocycles. The Morgan fingerprint density at radius 1 is 0.843 bits per heavy atom. The maximum Gasteiger partial charge on any atom is 0.219 e. The summed E-state index contributed by atoms with van der Waals surface area (Å²) in [5, 5.41) is 3.61. The van der Waals surface area contributed by atoms with Crippen molar-refractivity contribution in [1.29, 1.82) is 0 Å². The first kappa shape index (κ1) is 38.5. The van der Waals surface area contributed by atoms with Crippen molar-refractivity contribution >= 4 is 40.4 Å². The minimum atomic E-state index is -0.127. The lowest BCUT2D eigenvalue weighted by Gasteiger charge is -2.27. The molecule has 0 saturated carbocycles. The molecule has 5 nitrogen and oxygen atoms in total. The minimum absolute atomic E-state index is 0.113. The van der Waals surface area contributed by atoms with Crippen LogP contribution in [0.25, 0.3) is 0 Å². The number of rotatable bonds is 16. The molecule has 51 heavy (non-hydrogen) atoms. The van der Waals surface area contributed by atoms with Crippen LogP contribution in [0.4, 0.5) is 11.4 Å². The quantitative estimate of drug-likeness (QED) is 0.139. The van der Waals surface area contributed by atoms with Gasteiger partial charge in [0.2, 0.25) is 11.6 Å². The van der Waals surface area contributed by atoms with Crippen molar-refractivity contribution < 1.29 is 14.2 Å². The Hall–Kier alpha value is -3.70. The number of para-hydroxylation sites is 2. The van der Waals surface area contributed by atoms with E-state index in [4.69, 9.17) is 11.6 Å². The molecule has 1 N–H and O–H groups in total. The number of hydrogen-bond acceptors (Lipinski definition) is 3. The average Bonchev–Trinajstić information content (AvgIpc) is 3.48. The molecule has 2 aromatic rings. The van der Waals surface area contributed by atoms with Gasteiger partial charge in [-0.2, -0.15) is 4.58 Å². The highest BCUT2D eigenvalue weighted by atomic mass is 35.5. The number of halogens is 1. The number of amides is 1. The van der Waals surface area contributed by atoms with Crippen LogP contribution in [0.1, 0.15) is 123 Å². The van der Waals surface area contributed by atoms with Crippen LogP contribution in [-0.2, 0) is 20.4 Å². The van der Waals surface area contributed by atoms with Crippen LogP contribution in [0.2, 0.25) is 0 Å². The Kier molecular flexibility index (Phi) is 13.0. The molecular weight excluding hydrogens is 650 g/mol. The summed E-state index contributed by atoms with van der Waals surface area (Å²) in [5.41, 5.74) is 10.0. The van der Waals surface area contributed by atoms with E-state index >= 15 is 0 Å². The van der Waals surface area contributed by atoms with Crippen LogP contribution in [0.5, 0.6) is 0 Å². The van der Waals surface area contributed by atoms with Crippen molar-refractivity contribution in [2.24, 2.45) is 0 Å². The third-order valence-electron chi connectivity index (χ3n) is 11.2. The second-order valence-electron chi connectivity index (χ2n) is 15.4. The van der Waals surface area contributed by atoms with Crippen LogP contribution in [-0.4, -0.2) is 42.1 Å². The smallest absolute Gasteiger partial charge is 0.219 e. The van der Waals surface area contributed by atoms with E-state index in [1.165, 1.54) is 45.1 Å². The van der Waals surface area contributed by atoms with E-state index in [1.807, 2.05) is 6.92 Å². The molecule has 2 heterocycles. The maximum atomic E-state index is 11.8. The van der Waals surface area contributed by atoms with Crippen LogP contribution in [0, 0.1) is 0 Å². The van der Waals surface area contributed by atoms with Gasteiger partial charge >= 0.3 is 0 Å². The molecule has 272 valence electrons. The van der Waals surface area contributed by atoms with E-state index in [-0.39, 0.29) is 16.7 Å². The number of ketones is 1. The normalized spacial score (nSPS) is 19.4. The van der Waals surface area contributed by atoms with Gasteiger partial charge in [-0.1, -0.05) is 87.3 Å². The summed E-state index contributed by atoms with van der Waals surface area (Å²) >= 11 is 7.26. The van der Waals surface area contributed by atoms with Crippen molar-refractivity contribution in [2.75, 3.05) is 25.0 Å². The zero-order valence-corrected chi connectivity index (χ0v) is 32.7. The molecule has 0 atom stereocenters. The molecule has 0 aromatic heterocycles. The lowest BCUT2D eigenvalue weighted by atomic mass is 9.81. The molecule has 0 bridgehead atoms. The highest BCUT2D eigenvalue weighted by Gasteiger charge is 2.44. The van der Waals surface area contributed by atoms with E-state index in [9.17, 15) is 9.59 Å². The fourth-order valence-corrected chi connectivity index (χ4v) is 8.45. The third-order valence-corrected chi connectivity index (χ3v) is 11.7. The second kappa shape index (κ2) is 17.2. The number of anilines is 1. The largest absolute Gasteiger partial charge is 0.359 e. The van der Waals surface area contributed by atoms with Crippen LogP contribution < -0.4 is 10.2 Å². The summed E-state index contributed by atoms with van der Waals surface area (Å²) in [4.78, 5) is 26.1. The molecule has 0 unspecified atom stereocenters. The van der Waals surface area contributed by atoms with Gasteiger partial charge in [0.1, 0.15) is 12.3 Å². The first-order valence-electron chi connectivity index (χ1n) is 19.3. The monoisotopic (exact) mass is 708 g/mol. The molecule has 6 heteroatoms. The fourth-order valence-electron chi connectivity index (χ4n) is 8.13. The minimum Gasteiger partial charge on any atom is -0.359 e. The van der Waals surface area contributed by atoms with Gasteiger partial charge in [0.15, 0.2) is 5.71 Å². The summed E-state index contributed by atoms with van der Waals surface area (Å²) in [5.74, 6) is 0.475. The summed E-state index contributed by atoms with van der Waals surface area (Å²) in [6, 6.07) is 17.6. The SMILES string of the molecule is CCC(=O)CCCCC[N+]1=C(C=CC2=C(Cl)C(=CC=C3N(CCCCCC(=O)NC)c4ccccc4C3(C)C)CCC2)C(C)(C)c2ccccc21. The second-order valence-corrected chi connectivity index (χ2v) is 15.8. The van der Waals surface area contributed by atoms with Crippen molar-refractivity contribution in [3.63, 3.8) is 0 Å². The van der Waals surface area contributed by atoms with Gasteiger partial charge < -0.3 is 10.2 Å². The Morgan fingerprint density at radius 3 is 2.31 bits per heavy atom. The van der Waals surface area contributed by atoms with Crippen LogP contribution in [0.3, 0.4) is 0 Å². The molecular formula is C45H59ClN3O2+. The molecule has 1 amide bonds. The van der Waals surface area contributed by atoms with Crippen LogP contribution in [0.15, 0.2) is 94.7 Å². The molecule has 1 aliphatic carbocycles. The zero-order valence-electron chi connectivity index (χ0n) is 31.9. The number of benzene rings is 2. The Morgan fingerprint density at radius 2 is 1.55 bits per heavy atom. The topological polar surface area (TPSA) is 52.4 Å². The van der Waals surface area contributed by atoms with E-state index in [1.54, 1.807) is 7.05 Å². The Balaban J connectivity index is 1.38. The van der Waals surface area contributed by atoms with Crippen LogP contribution >= 0.6 is 11.6 Å². The van der Waals surface area contributed by atoms with E-state index in [0.717, 1.165) is 75.9 Å². The molecule has 3 aliphatic rings. The first-order chi connectivity index (χ1) is 24.5. The highest BCUT2D eigenvalue weighted by molar-refractivity contribution is 6.32. The molecule has 0 radical (unpaired) electrons. The molecule has 0 saturated heterocycles. The van der Waals surface area contributed by atoms with Crippen molar-refractivity contribution in [1.82, 2.24) is 5.32 Å². The number of hydrogen-bond donors (Lipinski definition) is 1. The summed E-state index contributed by atoms with van der Waals surface area (Å²) in [6.45, 7) is 13.1. The van der Waals surface area contributed by atoms with E-state index in [2.05, 4.69) is 115 Å². The first-order valence-corrected chi connectivity index (χ1v) is 19.7. The number of carbonyl (C=O) groups excluding carboxylic acids is 2. The number of allylic oxidation sites excluding steroid dienone is 8. The number of carbonyl (C=O) groups is 2. The summed E-state index contributed by atoms with van der Waals surface area (Å²) < 4.78 is 2.50. The molecule has 0 spiro atoms. The zero-order chi connectivity index (χ0) is 36.6. The highest BCUT2D eigenvalue weighted by Crippen LogP contribution is 2.48. The number of nitrogens with one attached hydrogen (secondary N) is 1. The number of nitrogens with zero attached hydrogens (tertiary/aromatic N) is 2. The van der Waals surface area contributed by atoms with Crippen molar-refractivity contribution in [2.45, 2.75) is 122 Å². The molecule has 0 fully saturated rings. The lowest BCUT2D eigenvalue weighted by Crippen LogP contribution is -2.28. The third kappa shape index (κ3) is 8.68. The van der Waals surface area contributed by atoms with E-state index < -0.39 is 0 Å². The Labute approximate surface area is 312 Å². The number of unbranched alkanes of at least 4 members (excludes halogenated alkanes) is 4. The van der Waals surface area contributed by atoms with Crippen molar-refractivity contribution in [3.05, 3.63) is 106 Å². The van der Waals surface area contributed by atoms with E-state index in [0.29, 0.717) is 25.0 Å². The van der Waals surface area contributed by atoms with Gasteiger partial charge in [0.25, 0.3) is 0 Å². The van der Waals surface area contributed by atoms with Gasteiger partial charge in [0, 0.05) is 78.8 Å². The van der Waals surface area contributed by atoms with Gasteiger partial charge in [-0.25, -0.2) is 0 Å². The van der Waals surface area contributed by atoms with Gasteiger partial charge in [-0.05, 0) is 87.6 Å². The maximum absolute atomic E-state index is 11.8. The molecule has 2 aromatic carbocycles. The fraction of sp³-hybridized carbons (Fsp3) is 0.489.